The van der Waals surface area contributed by atoms with Crippen LogP contribution < -0.4 is 16.0 Å². The molecule has 4 rings (SSSR count). The number of carbonyl (C=O) groups is 3. The van der Waals surface area contributed by atoms with Gasteiger partial charge in [0.1, 0.15) is 11.0 Å². The summed E-state index contributed by atoms with van der Waals surface area (Å²) < 4.78 is 10.3. The third-order valence-electron chi connectivity index (χ3n) is 7.95. The number of nitrogens with one attached hydrogen (secondary N) is 3. The first-order valence-corrected chi connectivity index (χ1v) is 17.5. The first kappa shape index (κ1) is 37.8. The van der Waals surface area contributed by atoms with Crippen molar-refractivity contribution in [2.75, 3.05) is 7.05 Å². The fourth-order valence-corrected chi connectivity index (χ4v) is 6.11. The molecule has 50 heavy (non-hydrogen) atoms. The van der Waals surface area contributed by atoms with Crippen LogP contribution in [-0.2, 0) is 35.5 Å². The average Bonchev–Trinajstić information content (AvgIpc) is 3.79. The standard InChI is InChI=1S/C37H46N6O6S/c1-5-12-33-39-29(24-50-33)22-43(4)36(46)42-34(25(2)3)35(45)40-28(19-26-13-8-6-9-14-26)21-32(44)31(20-27-15-10-7-11-16-27)41-37(47)48-23-30-17-18-38-49-30/h5-18,24-25,28,31-32,34,44H,19-23H2,1-4H3,(H,40,45)(H,41,47)(H,42,46)/t28-,31-,32-,34-/m0/s1. The van der Waals surface area contributed by atoms with Gasteiger partial charge in [0.2, 0.25) is 5.91 Å². The molecule has 0 spiro atoms. The lowest BCUT2D eigenvalue weighted by Gasteiger charge is -2.30. The molecule has 4 aromatic rings. The number of nitrogens with zero attached hydrogens (tertiary/aromatic N) is 3. The Hall–Kier alpha value is -5.01. The van der Waals surface area contributed by atoms with Gasteiger partial charge in [-0.3, -0.25) is 4.79 Å². The molecule has 0 radical (unpaired) electrons. The van der Waals surface area contributed by atoms with Gasteiger partial charge < -0.3 is 35.2 Å². The molecular formula is C37H46N6O6S. The molecule has 0 aliphatic carbocycles. The quantitative estimate of drug-likeness (QED) is 0.115. The van der Waals surface area contributed by atoms with Crippen molar-refractivity contribution in [3.05, 3.63) is 112 Å². The van der Waals surface area contributed by atoms with Crippen molar-refractivity contribution in [1.29, 1.82) is 0 Å². The maximum absolute atomic E-state index is 13.8. The summed E-state index contributed by atoms with van der Waals surface area (Å²) in [4.78, 5) is 45.9. The van der Waals surface area contributed by atoms with E-state index in [2.05, 4.69) is 26.1 Å². The molecule has 0 unspecified atom stereocenters. The van der Waals surface area contributed by atoms with E-state index in [0.29, 0.717) is 18.6 Å². The predicted octanol–water partition coefficient (Wildman–Crippen LogP) is 5.35. The lowest BCUT2D eigenvalue weighted by molar-refractivity contribution is -0.124. The number of thiazole rings is 1. The molecular weight excluding hydrogens is 657 g/mol. The number of allylic oxidation sites excluding steroid dienone is 1. The molecule has 0 saturated heterocycles. The van der Waals surface area contributed by atoms with Gasteiger partial charge in [0.25, 0.3) is 0 Å². The molecule has 0 saturated carbocycles. The Labute approximate surface area is 296 Å². The van der Waals surface area contributed by atoms with Gasteiger partial charge in [0.05, 0.1) is 30.6 Å². The Bertz CT molecular complexity index is 1650. The summed E-state index contributed by atoms with van der Waals surface area (Å²) in [6.45, 7) is 5.80. The highest BCUT2D eigenvalue weighted by Gasteiger charge is 2.31. The van der Waals surface area contributed by atoms with Crippen molar-refractivity contribution in [3.63, 3.8) is 0 Å². The number of carbonyl (C=O) groups excluding carboxylic acids is 3. The van der Waals surface area contributed by atoms with Crippen molar-refractivity contribution < 1.29 is 28.8 Å². The average molecular weight is 703 g/mol. The monoisotopic (exact) mass is 702 g/mol. The lowest BCUT2D eigenvalue weighted by Crippen LogP contribution is -2.55. The second-order valence-electron chi connectivity index (χ2n) is 12.4. The van der Waals surface area contributed by atoms with E-state index in [1.165, 1.54) is 22.4 Å². The molecule has 266 valence electrons. The number of alkyl carbamates (subject to hydrolysis) is 1. The van der Waals surface area contributed by atoms with E-state index < -0.39 is 36.4 Å². The van der Waals surface area contributed by atoms with Gasteiger partial charge in [0, 0.05) is 24.5 Å². The molecule has 2 heterocycles. The van der Waals surface area contributed by atoms with Crippen LogP contribution in [0.4, 0.5) is 9.59 Å². The molecule has 0 aliphatic heterocycles. The number of ether oxygens (including phenoxy) is 1. The normalized spacial score (nSPS) is 13.7. The van der Waals surface area contributed by atoms with E-state index in [4.69, 9.17) is 9.26 Å². The smallest absolute Gasteiger partial charge is 0.407 e. The molecule has 4 N–H and O–H groups in total. The van der Waals surface area contributed by atoms with Crippen LogP contribution in [0.1, 0.15) is 54.8 Å². The van der Waals surface area contributed by atoms with E-state index in [-0.39, 0.29) is 31.4 Å². The van der Waals surface area contributed by atoms with Crippen LogP contribution in [-0.4, -0.2) is 69.5 Å². The molecule has 2 aromatic heterocycles. The zero-order valence-corrected chi connectivity index (χ0v) is 29.6. The summed E-state index contributed by atoms with van der Waals surface area (Å²) in [6, 6.07) is 18.1. The van der Waals surface area contributed by atoms with Crippen molar-refractivity contribution in [2.24, 2.45) is 5.92 Å². The summed E-state index contributed by atoms with van der Waals surface area (Å²) in [6.07, 6.45) is 4.30. The van der Waals surface area contributed by atoms with Gasteiger partial charge in [-0.05, 0) is 49.3 Å². The summed E-state index contributed by atoms with van der Waals surface area (Å²) in [5, 5.41) is 26.8. The summed E-state index contributed by atoms with van der Waals surface area (Å²) in [5.74, 6) is -0.231. The van der Waals surface area contributed by atoms with E-state index >= 15 is 0 Å². The minimum atomic E-state index is -1.08. The number of hydrogen-bond donors (Lipinski definition) is 4. The SMILES string of the molecule is CC=Cc1nc(CN(C)C(=O)N[C@H](C(=O)N[C@@H](Cc2ccccc2)C[C@H](O)[C@H](Cc2ccccc2)NC(=O)OCc2ccno2)C(C)C)cs1. The van der Waals surface area contributed by atoms with Crippen molar-refractivity contribution in [3.8, 4) is 0 Å². The highest BCUT2D eigenvalue weighted by atomic mass is 32.1. The number of amides is 4. The van der Waals surface area contributed by atoms with Crippen molar-refractivity contribution in [2.45, 2.75) is 77.4 Å². The summed E-state index contributed by atoms with van der Waals surface area (Å²) >= 11 is 1.49. The van der Waals surface area contributed by atoms with E-state index in [1.807, 2.05) is 99.0 Å². The molecule has 2 aromatic carbocycles. The third-order valence-corrected chi connectivity index (χ3v) is 8.81. The van der Waals surface area contributed by atoms with Gasteiger partial charge >= 0.3 is 12.1 Å². The van der Waals surface area contributed by atoms with Crippen LogP contribution in [0.25, 0.3) is 6.08 Å². The van der Waals surface area contributed by atoms with E-state index in [1.54, 1.807) is 13.1 Å². The number of aliphatic hydroxyl groups excluding tert-OH is 1. The van der Waals surface area contributed by atoms with Gasteiger partial charge in [0.15, 0.2) is 12.4 Å². The summed E-state index contributed by atoms with van der Waals surface area (Å²) in [5.41, 5.74) is 2.61. The Morgan fingerprint density at radius 1 is 0.980 bits per heavy atom. The molecule has 0 fully saturated rings. The van der Waals surface area contributed by atoms with Gasteiger partial charge in [-0.1, -0.05) is 85.7 Å². The Balaban J connectivity index is 1.46. The molecule has 0 bridgehead atoms. The number of aliphatic hydroxyl groups is 1. The van der Waals surface area contributed by atoms with Crippen molar-refractivity contribution in [1.82, 2.24) is 31.0 Å². The molecule has 0 aliphatic rings. The van der Waals surface area contributed by atoms with Crippen LogP contribution >= 0.6 is 11.3 Å². The van der Waals surface area contributed by atoms with Crippen LogP contribution in [0.15, 0.2) is 88.9 Å². The van der Waals surface area contributed by atoms with Gasteiger partial charge in [-0.2, -0.15) is 0 Å². The third kappa shape index (κ3) is 12.1. The maximum atomic E-state index is 13.8. The maximum Gasteiger partial charge on any atom is 0.407 e. The second kappa shape index (κ2) is 19.2. The minimum absolute atomic E-state index is 0.109. The van der Waals surface area contributed by atoms with Gasteiger partial charge in [-0.15, -0.1) is 11.3 Å². The van der Waals surface area contributed by atoms with E-state index in [9.17, 15) is 19.5 Å². The minimum Gasteiger partial charge on any atom is -0.441 e. The highest BCUT2D eigenvalue weighted by Crippen LogP contribution is 2.17. The zero-order chi connectivity index (χ0) is 35.9. The zero-order valence-electron chi connectivity index (χ0n) is 28.8. The number of rotatable bonds is 17. The first-order valence-electron chi connectivity index (χ1n) is 16.6. The summed E-state index contributed by atoms with van der Waals surface area (Å²) in [7, 11) is 1.66. The van der Waals surface area contributed by atoms with Crippen LogP contribution in [0, 0.1) is 5.92 Å². The number of benzene rings is 2. The highest BCUT2D eigenvalue weighted by molar-refractivity contribution is 7.10. The lowest BCUT2D eigenvalue weighted by atomic mass is 9.93. The largest absolute Gasteiger partial charge is 0.441 e. The van der Waals surface area contributed by atoms with E-state index in [0.717, 1.165) is 21.8 Å². The second-order valence-corrected chi connectivity index (χ2v) is 13.3. The van der Waals surface area contributed by atoms with Crippen LogP contribution in [0.2, 0.25) is 0 Å². The number of hydrogen-bond acceptors (Lipinski definition) is 9. The van der Waals surface area contributed by atoms with Crippen LogP contribution in [0.5, 0.6) is 0 Å². The molecule has 12 nitrogen and oxygen atoms in total. The van der Waals surface area contributed by atoms with Gasteiger partial charge in [-0.25, -0.2) is 14.6 Å². The van der Waals surface area contributed by atoms with Crippen LogP contribution in [0.3, 0.4) is 0 Å². The molecule has 4 amide bonds. The molecule has 4 atom stereocenters. The fourth-order valence-electron chi connectivity index (χ4n) is 5.34. The Morgan fingerprint density at radius 2 is 1.66 bits per heavy atom. The fraction of sp³-hybridized carbons (Fsp3) is 0.378. The Morgan fingerprint density at radius 3 is 2.28 bits per heavy atom. The topological polar surface area (TPSA) is 159 Å². The first-order chi connectivity index (χ1) is 24.1. The van der Waals surface area contributed by atoms with Crippen molar-refractivity contribution >= 4 is 35.4 Å². The predicted molar refractivity (Wildman–Crippen MR) is 192 cm³/mol. The molecule has 13 heteroatoms. The number of aromatic nitrogens is 2. The Kier molecular flexibility index (Phi) is 14.6. The number of urea groups is 1.